The molecule has 0 aliphatic carbocycles. The minimum atomic E-state index is -0.691. The van der Waals surface area contributed by atoms with Crippen LogP contribution in [-0.4, -0.2) is 59.7 Å². The summed E-state index contributed by atoms with van der Waals surface area (Å²) in [6.07, 6.45) is 0. The van der Waals surface area contributed by atoms with Crippen LogP contribution in [0, 0.1) is 11.3 Å². The smallest absolute Gasteiger partial charge is 0.256 e. The van der Waals surface area contributed by atoms with Gasteiger partial charge in [0.15, 0.2) is 0 Å². The highest BCUT2D eigenvalue weighted by molar-refractivity contribution is 6.30. The number of carbonyl (C=O) groups is 3. The van der Waals surface area contributed by atoms with Crippen LogP contribution in [0.5, 0.6) is 0 Å². The first-order valence-electron chi connectivity index (χ1n) is 11.8. The number of carbonyl (C=O) groups excluding carboxylic acids is 3. The van der Waals surface area contributed by atoms with Crippen molar-refractivity contribution in [3.8, 4) is 11.1 Å². The Hall–Kier alpha value is -2.86. The Labute approximate surface area is 206 Å². The van der Waals surface area contributed by atoms with Crippen LogP contribution in [0.15, 0.2) is 42.5 Å². The average Bonchev–Trinajstić information content (AvgIpc) is 2.90. The maximum atomic E-state index is 13.7. The monoisotopic (exact) mass is 481 g/mol. The Balaban J connectivity index is 1.69. The summed E-state index contributed by atoms with van der Waals surface area (Å²) in [7, 11) is 0. The van der Waals surface area contributed by atoms with Gasteiger partial charge in [-0.05, 0) is 47.7 Å². The zero-order chi connectivity index (χ0) is 24.8. The molecule has 180 valence electrons. The van der Waals surface area contributed by atoms with E-state index in [4.69, 9.17) is 11.6 Å². The lowest BCUT2D eigenvalue weighted by molar-refractivity contribution is -0.142. The van der Waals surface area contributed by atoms with Crippen LogP contribution >= 0.6 is 11.6 Å². The Morgan fingerprint density at radius 1 is 1.06 bits per heavy atom. The van der Waals surface area contributed by atoms with Crippen molar-refractivity contribution >= 4 is 35.0 Å². The van der Waals surface area contributed by atoms with Crippen molar-refractivity contribution in [1.82, 2.24) is 9.80 Å². The number of likely N-dealkylation sites (N-methyl/N-ethyl adjacent to an activating group) is 1. The number of anilines is 1. The Morgan fingerprint density at radius 3 is 2.32 bits per heavy atom. The highest BCUT2D eigenvalue weighted by atomic mass is 35.5. The third kappa shape index (κ3) is 4.31. The fraction of sp³-hybridized carbons (Fsp3) is 0.444. The van der Waals surface area contributed by atoms with Crippen molar-refractivity contribution in [3.05, 3.63) is 53.1 Å². The number of nitrogens with zero attached hydrogens (tertiary/aromatic N) is 3. The van der Waals surface area contributed by atoms with Gasteiger partial charge in [0.25, 0.3) is 11.8 Å². The first-order valence-corrected chi connectivity index (χ1v) is 12.2. The molecular weight excluding hydrogens is 450 g/mol. The molecule has 2 aliphatic heterocycles. The van der Waals surface area contributed by atoms with Crippen molar-refractivity contribution in [2.75, 3.05) is 31.1 Å². The Morgan fingerprint density at radius 2 is 1.71 bits per heavy atom. The largest absolute Gasteiger partial charge is 0.338 e. The highest BCUT2D eigenvalue weighted by Gasteiger charge is 2.44. The topological polar surface area (TPSA) is 60.9 Å². The summed E-state index contributed by atoms with van der Waals surface area (Å²) in [6.45, 7) is 11.4. The van der Waals surface area contributed by atoms with Gasteiger partial charge < -0.3 is 14.7 Å². The number of halogens is 1. The second-order valence-corrected chi connectivity index (χ2v) is 10.6. The molecule has 1 saturated heterocycles. The van der Waals surface area contributed by atoms with Crippen LogP contribution in [0.2, 0.25) is 5.02 Å². The molecule has 7 heteroatoms. The summed E-state index contributed by atoms with van der Waals surface area (Å²) < 4.78 is 0. The summed E-state index contributed by atoms with van der Waals surface area (Å²) in [6, 6.07) is 12.4. The van der Waals surface area contributed by atoms with Crippen molar-refractivity contribution in [3.63, 3.8) is 0 Å². The summed E-state index contributed by atoms with van der Waals surface area (Å²) in [5, 5.41) is 0.647. The first kappa shape index (κ1) is 24.3. The second kappa shape index (κ2) is 9.06. The van der Waals surface area contributed by atoms with E-state index in [1.807, 2.05) is 77.1 Å². The van der Waals surface area contributed by atoms with Gasteiger partial charge in [-0.2, -0.15) is 0 Å². The van der Waals surface area contributed by atoms with E-state index in [0.717, 1.165) is 11.1 Å². The normalized spacial score (nSPS) is 19.5. The molecule has 0 spiro atoms. The molecule has 2 aliphatic rings. The van der Waals surface area contributed by atoms with E-state index < -0.39 is 6.04 Å². The molecule has 2 unspecified atom stereocenters. The van der Waals surface area contributed by atoms with Crippen LogP contribution in [0.3, 0.4) is 0 Å². The molecule has 1 fully saturated rings. The third-order valence-corrected chi connectivity index (χ3v) is 7.44. The number of benzene rings is 2. The predicted molar refractivity (Wildman–Crippen MR) is 135 cm³/mol. The van der Waals surface area contributed by atoms with E-state index in [0.29, 0.717) is 35.9 Å². The van der Waals surface area contributed by atoms with E-state index in [2.05, 4.69) is 0 Å². The lowest BCUT2D eigenvalue weighted by Crippen LogP contribution is -2.61. The number of hydrogen-bond acceptors (Lipinski definition) is 3. The Kier molecular flexibility index (Phi) is 6.47. The minimum absolute atomic E-state index is 0.0298. The predicted octanol–water partition coefficient (Wildman–Crippen LogP) is 4.71. The number of rotatable bonds is 3. The molecule has 2 aromatic carbocycles. The van der Waals surface area contributed by atoms with E-state index in [1.165, 1.54) is 0 Å². The van der Waals surface area contributed by atoms with Crippen LogP contribution in [-0.2, 0) is 9.59 Å². The van der Waals surface area contributed by atoms with Crippen LogP contribution < -0.4 is 4.90 Å². The molecule has 0 aromatic heterocycles. The molecule has 34 heavy (non-hydrogen) atoms. The quantitative estimate of drug-likeness (QED) is 0.638. The average molecular weight is 482 g/mol. The fourth-order valence-corrected chi connectivity index (χ4v) is 4.75. The molecule has 2 atom stereocenters. The minimum Gasteiger partial charge on any atom is -0.338 e. The van der Waals surface area contributed by atoms with E-state index in [9.17, 15) is 14.4 Å². The lowest BCUT2D eigenvalue weighted by atomic mass is 9.81. The second-order valence-electron chi connectivity index (χ2n) is 10.2. The van der Waals surface area contributed by atoms with Crippen molar-refractivity contribution < 1.29 is 14.4 Å². The van der Waals surface area contributed by atoms with Gasteiger partial charge in [0.05, 0.1) is 17.8 Å². The zero-order valence-electron chi connectivity index (χ0n) is 20.5. The van der Waals surface area contributed by atoms with Crippen molar-refractivity contribution in [2.45, 2.75) is 40.7 Å². The number of fused-ring (bicyclic) bond motifs is 2. The van der Waals surface area contributed by atoms with Crippen LogP contribution in [0.1, 0.15) is 45.0 Å². The van der Waals surface area contributed by atoms with Gasteiger partial charge >= 0.3 is 0 Å². The van der Waals surface area contributed by atoms with Crippen LogP contribution in [0.25, 0.3) is 11.1 Å². The number of piperazine rings is 1. The van der Waals surface area contributed by atoms with E-state index >= 15 is 0 Å². The maximum Gasteiger partial charge on any atom is 0.256 e. The number of hydrogen-bond donors (Lipinski definition) is 0. The summed E-state index contributed by atoms with van der Waals surface area (Å²) in [5.74, 6) is -0.467. The van der Waals surface area contributed by atoms with Gasteiger partial charge in [0.2, 0.25) is 5.91 Å². The summed E-state index contributed by atoms with van der Waals surface area (Å²) in [5.41, 5.74) is 2.78. The van der Waals surface area contributed by atoms with E-state index in [-0.39, 0.29) is 35.6 Å². The molecule has 0 bridgehead atoms. The van der Waals surface area contributed by atoms with Crippen molar-refractivity contribution in [1.29, 1.82) is 0 Å². The summed E-state index contributed by atoms with van der Waals surface area (Å²) in [4.78, 5) is 45.6. The standard InChI is InChI=1S/C27H32ClN3O3/c1-6-30-22-12-9-19(18-7-10-20(28)11-8-18)15-21(22)25(33)31-14-13-29(16-23(31)26(30)34)24(32)17(2)27(3,4)5/h7-12,15,17,23H,6,13-14,16H2,1-5H3. The first-order chi connectivity index (χ1) is 16.0. The molecule has 2 aromatic rings. The van der Waals surface area contributed by atoms with Gasteiger partial charge in [0, 0.05) is 30.6 Å². The molecular formula is C27H32ClN3O3. The van der Waals surface area contributed by atoms with Gasteiger partial charge in [-0.15, -0.1) is 0 Å². The third-order valence-electron chi connectivity index (χ3n) is 7.18. The molecule has 0 radical (unpaired) electrons. The summed E-state index contributed by atoms with van der Waals surface area (Å²) >= 11 is 6.03. The van der Waals surface area contributed by atoms with Gasteiger partial charge in [-0.3, -0.25) is 14.4 Å². The SMILES string of the molecule is CCN1C(=O)C2CN(C(=O)C(C)C(C)(C)C)CCN2C(=O)c2cc(-c3ccc(Cl)cc3)ccc21. The molecule has 2 heterocycles. The van der Waals surface area contributed by atoms with Crippen LogP contribution in [0.4, 0.5) is 5.69 Å². The van der Waals surface area contributed by atoms with E-state index in [1.54, 1.807) is 14.7 Å². The molecule has 0 N–H and O–H groups in total. The molecule has 3 amide bonds. The van der Waals surface area contributed by atoms with Gasteiger partial charge in [0.1, 0.15) is 6.04 Å². The highest BCUT2D eigenvalue weighted by Crippen LogP contribution is 2.34. The number of amides is 3. The Bertz CT molecular complexity index is 1120. The van der Waals surface area contributed by atoms with Crippen molar-refractivity contribution in [2.24, 2.45) is 11.3 Å². The fourth-order valence-electron chi connectivity index (χ4n) is 4.63. The maximum absolute atomic E-state index is 13.7. The molecule has 4 rings (SSSR count). The molecule has 6 nitrogen and oxygen atoms in total. The zero-order valence-corrected chi connectivity index (χ0v) is 21.2. The molecule has 0 saturated carbocycles. The van der Waals surface area contributed by atoms with Gasteiger partial charge in [-0.1, -0.05) is 57.5 Å². The van der Waals surface area contributed by atoms with Gasteiger partial charge in [-0.25, -0.2) is 0 Å². The lowest BCUT2D eigenvalue weighted by Gasteiger charge is -2.42.